The van der Waals surface area contributed by atoms with Gasteiger partial charge in [-0.25, -0.2) is 4.39 Å². The molecule has 60 valence electrons. The second-order valence-electron chi connectivity index (χ2n) is 2.91. The zero-order valence-corrected chi connectivity index (χ0v) is 6.51. The van der Waals surface area contributed by atoms with Crippen LogP contribution in [0.15, 0.2) is 0 Å². The largest absolute Gasteiger partial charge is 0.380 e. The molecule has 0 aromatic carbocycles. The number of likely N-dealkylation sites (N-methyl/N-ethyl adjacent to an activating group) is 1. The minimum Gasteiger partial charge on any atom is -0.380 e. The maximum absolute atomic E-state index is 12.7. The first-order valence-corrected chi connectivity index (χ1v) is 3.57. The number of hydrogen-bond acceptors (Lipinski definition) is 2. The summed E-state index contributed by atoms with van der Waals surface area (Å²) < 4.78 is 17.8. The quantitative estimate of drug-likeness (QED) is 0.540. The first-order chi connectivity index (χ1) is 4.72. The van der Waals surface area contributed by atoms with Gasteiger partial charge in [0.2, 0.25) is 0 Å². The van der Waals surface area contributed by atoms with Crippen molar-refractivity contribution in [3.8, 4) is 0 Å². The third kappa shape index (κ3) is 1.92. The Balaban J connectivity index is 2.35. The molecule has 2 nitrogen and oxygen atoms in total. The van der Waals surface area contributed by atoms with Crippen molar-refractivity contribution in [2.75, 3.05) is 27.2 Å². The average molecular weight is 147 g/mol. The fourth-order valence-corrected chi connectivity index (χ4v) is 1.37. The highest BCUT2D eigenvalue weighted by Crippen LogP contribution is 2.13. The first kappa shape index (κ1) is 7.95. The topological polar surface area (TPSA) is 12.5 Å². The number of rotatable bonds is 1. The van der Waals surface area contributed by atoms with Gasteiger partial charge in [0, 0.05) is 26.6 Å². The number of methoxy groups -OCH3 is 1. The van der Waals surface area contributed by atoms with Crippen LogP contribution in [-0.4, -0.2) is 44.4 Å². The highest BCUT2D eigenvalue weighted by Gasteiger charge is 2.24. The Kier molecular flexibility index (Phi) is 2.63. The van der Waals surface area contributed by atoms with E-state index < -0.39 is 6.17 Å². The molecule has 0 saturated carbocycles. The zero-order chi connectivity index (χ0) is 7.56. The summed E-state index contributed by atoms with van der Waals surface area (Å²) >= 11 is 0. The standard InChI is InChI=1S/C7H14FNO/c1-9-4-6(8)3-7(5-9)10-2/h6-7H,3-5H2,1-2H3. The molecule has 2 unspecified atom stereocenters. The van der Waals surface area contributed by atoms with E-state index in [0.717, 1.165) is 6.54 Å². The second-order valence-corrected chi connectivity index (χ2v) is 2.91. The van der Waals surface area contributed by atoms with Gasteiger partial charge < -0.3 is 9.64 Å². The Morgan fingerprint density at radius 1 is 1.50 bits per heavy atom. The van der Waals surface area contributed by atoms with Crippen molar-refractivity contribution in [1.82, 2.24) is 4.90 Å². The summed E-state index contributed by atoms with van der Waals surface area (Å²) in [6.07, 6.45) is -0.0571. The van der Waals surface area contributed by atoms with Crippen LogP contribution in [0.4, 0.5) is 4.39 Å². The molecule has 2 atom stereocenters. The SMILES string of the molecule is COC1CC(F)CN(C)C1. The van der Waals surface area contributed by atoms with Gasteiger partial charge in [0.1, 0.15) is 6.17 Å². The Morgan fingerprint density at radius 2 is 2.20 bits per heavy atom. The second kappa shape index (κ2) is 3.30. The van der Waals surface area contributed by atoms with Gasteiger partial charge >= 0.3 is 0 Å². The summed E-state index contributed by atoms with van der Waals surface area (Å²) in [6.45, 7) is 1.41. The molecule has 1 heterocycles. The van der Waals surface area contributed by atoms with E-state index >= 15 is 0 Å². The van der Waals surface area contributed by atoms with E-state index in [4.69, 9.17) is 4.74 Å². The van der Waals surface area contributed by atoms with E-state index in [1.165, 1.54) is 0 Å². The number of ether oxygens (including phenoxy) is 1. The van der Waals surface area contributed by atoms with Crippen molar-refractivity contribution < 1.29 is 9.13 Å². The molecule has 10 heavy (non-hydrogen) atoms. The third-order valence-electron chi connectivity index (χ3n) is 1.88. The predicted molar refractivity (Wildman–Crippen MR) is 37.8 cm³/mol. The van der Waals surface area contributed by atoms with Crippen LogP contribution in [0.3, 0.4) is 0 Å². The summed E-state index contributed by atoms with van der Waals surface area (Å²) in [7, 11) is 3.55. The molecule has 1 aliphatic heterocycles. The van der Waals surface area contributed by atoms with Crippen LogP contribution in [0, 0.1) is 0 Å². The molecule has 1 aliphatic rings. The molecule has 1 fully saturated rings. The van der Waals surface area contributed by atoms with Crippen molar-refractivity contribution in [2.45, 2.75) is 18.7 Å². The molecule has 0 bridgehead atoms. The van der Waals surface area contributed by atoms with Gasteiger partial charge in [0.15, 0.2) is 0 Å². The number of hydrogen-bond donors (Lipinski definition) is 0. The molecular formula is C7H14FNO. The molecule has 0 amide bonds. The predicted octanol–water partition coefficient (Wildman–Crippen LogP) is 0.675. The van der Waals surface area contributed by atoms with E-state index in [0.29, 0.717) is 13.0 Å². The molecule has 0 aliphatic carbocycles. The lowest BCUT2D eigenvalue weighted by molar-refractivity contribution is 0.00704. The lowest BCUT2D eigenvalue weighted by Crippen LogP contribution is -2.42. The van der Waals surface area contributed by atoms with Gasteiger partial charge in [-0.05, 0) is 7.05 Å². The third-order valence-corrected chi connectivity index (χ3v) is 1.88. The van der Waals surface area contributed by atoms with Gasteiger partial charge in [-0.15, -0.1) is 0 Å². The molecular weight excluding hydrogens is 133 g/mol. The Hall–Kier alpha value is -0.150. The van der Waals surface area contributed by atoms with E-state index in [2.05, 4.69) is 0 Å². The monoisotopic (exact) mass is 147 g/mol. The van der Waals surface area contributed by atoms with Crippen LogP contribution < -0.4 is 0 Å². The summed E-state index contributed by atoms with van der Waals surface area (Å²) in [6, 6.07) is 0. The van der Waals surface area contributed by atoms with Crippen LogP contribution in [0.2, 0.25) is 0 Å². The van der Waals surface area contributed by atoms with E-state index in [1.54, 1.807) is 7.11 Å². The summed E-state index contributed by atoms with van der Waals surface area (Å²) in [4.78, 5) is 1.96. The fourth-order valence-electron chi connectivity index (χ4n) is 1.37. The Labute approximate surface area is 61.0 Å². The molecule has 0 aromatic rings. The highest BCUT2D eigenvalue weighted by molar-refractivity contribution is 4.76. The van der Waals surface area contributed by atoms with Crippen molar-refractivity contribution >= 4 is 0 Å². The zero-order valence-electron chi connectivity index (χ0n) is 6.51. The smallest absolute Gasteiger partial charge is 0.115 e. The van der Waals surface area contributed by atoms with Crippen LogP contribution in [-0.2, 0) is 4.74 Å². The van der Waals surface area contributed by atoms with Crippen molar-refractivity contribution in [1.29, 1.82) is 0 Å². The first-order valence-electron chi connectivity index (χ1n) is 3.57. The van der Waals surface area contributed by atoms with Gasteiger partial charge in [0.25, 0.3) is 0 Å². The van der Waals surface area contributed by atoms with Crippen molar-refractivity contribution in [3.63, 3.8) is 0 Å². The molecule has 1 saturated heterocycles. The number of halogens is 1. The van der Waals surface area contributed by atoms with Crippen molar-refractivity contribution in [2.24, 2.45) is 0 Å². The van der Waals surface area contributed by atoms with E-state index in [9.17, 15) is 4.39 Å². The van der Waals surface area contributed by atoms with Crippen LogP contribution >= 0.6 is 0 Å². The van der Waals surface area contributed by atoms with Gasteiger partial charge in [-0.2, -0.15) is 0 Å². The fraction of sp³-hybridized carbons (Fsp3) is 1.00. The summed E-state index contributed by atoms with van der Waals surface area (Å²) in [5.74, 6) is 0. The molecule has 3 heteroatoms. The molecule has 0 N–H and O–H groups in total. The van der Waals surface area contributed by atoms with Gasteiger partial charge in [-0.3, -0.25) is 0 Å². The van der Waals surface area contributed by atoms with E-state index in [1.807, 2.05) is 11.9 Å². The number of piperidine rings is 1. The summed E-state index contributed by atoms with van der Waals surface area (Å²) in [5.41, 5.74) is 0. The van der Waals surface area contributed by atoms with Crippen LogP contribution in [0.1, 0.15) is 6.42 Å². The Bertz CT molecular complexity index is 99.8. The van der Waals surface area contributed by atoms with Crippen molar-refractivity contribution in [3.05, 3.63) is 0 Å². The highest BCUT2D eigenvalue weighted by atomic mass is 19.1. The van der Waals surface area contributed by atoms with Gasteiger partial charge in [0.05, 0.1) is 6.10 Å². The van der Waals surface area contributed by atoms with Crippen LogP contribution in [0.25, 0.3) is 0 Å². The number of likely N-dealkylation sites (tertiary alicyclic amines) is 1. The number of nitrogens with zero attached hydrogens (tertiary/aromatic N) is 1. The molecule has 0 aromatic heterocycles. The number of alkyl halides is 1. The minimum absolute atomic E-state index is 0.0914. The maximum Gasteiger partial charge on any atom is 0.115 e. The molecule has 0 radical (unpaired) electrons. The van der Waals surface area contributed by atoms with E-state index in [-0.39, 0.29) is 6.10 Å². The summed E-state index contributed by atoms with van der Waals surface area (Å²) in [5, 5.41) is 0. The lowest BCUT2D eigenvalue weighted by atomic mass is 10.1. The Morgan fingerprint density at radius 3 is 2.70 bits per heavy atom. The van der Waals surface area contributed by atoms with Crippen LogP contribution in [0.5, 0.6) is 0 Å². The maximum atomic E-state index is 12.7. The molecule has 1 rings (SSSR count). The van der Waals surface area contributed by atoms with Gasteiger partial charge in [-0.1, -0.05) is 0 Å². The minimum atomic E-state index is -0.705. The lowest BCUT2D eigenvalue weighted by Gasteiger charge is -2.30. The molecule has 0 spiro atoms. The average Bonchev–Trinajstić information content (AvgIpc) is 1.85. The normalized spacial score (nSPS) is 36.3.